The molecule has 0 saturated carbocycles. The molecule has 4 N–H and O–H groups in total. The van der Waals surface area contributed by atoms with Crippen LogP contribution in [0.25, 0.3) is 10.9 Å². The molecule has 2 aromatic rings. The maximum atomic E-state index is 11.8. The number of para-hydroxylation sites is 1. The average molecular weight is 255 g/mol. The first-order valence-electron chi connectivity index (χ1n) is 6.19. The molecular formula is C15H17N3O. The minimum absolute atomic E-state index is 0.226. The van der Waals surface area contributed by atoms with Crippen molar-refractivity contribution in [2.45, 2.75) is 25.4 Å². The number of nitrogens with one attached hydrogen (secondary N) is 2. The zero-order chi connectivity index (χ0) is 13.8. The molecule has 2 rings (SSSR count). The van der Waals surface area contributed by atoms with Crippen LogP contribution < -0.4 is 11.1 Å². The number of benzene rings is 1. The molecule has 19 heavy (non-hydrogen) atoms. The molecule has 4 nitrogen and oxygen atoms in total. The standard InChI is InChI=1S/C15H17N3O/c1-3-10(2)18-15(19)13(16)8-11-9-17-14-7-5-4-6-12(11)14/h1,4-7,9-10,13,17H,8,16H2,2H3,(H,18,19). The highest BCUT2D eigenvalue weighted by molar-refractivity contribution is 5.86. The van der Waals surface area contributed by atoms with Gasteiger partial charge in [-0.25, -0.2) is 0 Å². The molecule has 0 saturated heterocycles. The molecule has 1 amide bonds. The van der Waals surface area contributed by atoms with Crippen molar-refractivity contribution >= 4 is 16.8 Å². The summed E-state index contributed by atoms with van der Waals surface area (Å²) in [5.74, 6) is 2.22. The number of fused-ring (bicyclic) bond motifs is 1. The summed E-state index contributed by atoms with van der Waals surface area (Å²) in [4.78, 5) is 15.0. The van der Waals surface area contributed by atoms with Gasteiger partial charge in [-0.1, -0.05) is 24.1 Å². The van der Waals surface area contributed by atoms with Crippen molar-refractivity contribution in [1.82, 2.24) is 10.3 Å². The Morgan fingerprint density at radius 3 is 3.00 bits per heavy atom. The summed E-state index contributed by atoms with van der Waals surface area (Å²) in [5, 5.41) is 3.77. The first kappa shape index (κ1) is 13.2. The summed E-state index contributed by atoms with van der Waals surface area (Å²) < 4.78 is 0. The summed E-state index contributed by atoms with van der Waals surface area (Å²) in [7, 11) is 0. The number of hydrogen-bond acceptors (Lipinski definition) is 2. The molecule has 98 valence electrons. The first-order valence-corrected chi connectivity index (χ1v) is 6.19. The molecule has 0 aliphatic heterocycles. The topological polar surface area (TPSA) is 70.9 Å². The van der Waals surface area contributed by atoms with Crippen LogP contribution in [0.5, 0.6) is 0 Å². The lowest BCUT2D eigenvalue weighted by molar-refractivity contribution is -0.122. The summed E-state index contributed by atoms with van der Waals surface area (Å²) in [6.45, 7) is 1.75. The van der Waals surface area contributed by atoms with E-state index in [1.807, 2.05) is 30.5 Å². The highest BCUT2D eigenvalue weighted by atomic mass is 16.2. The van der Waals surface area contributed by atoms with Crippen molar-refractivity contribution in [3.05, 3.63) is 36.0 Å². The van der Waals surface area contributed by atoms with Gasteiger partial charge in [0.15, 0.2) is 0 Å². The van der Waals surface area contributed by atoms with Gasteiger partial charge < -0.3 is 16.0 Å². The van der Waals surface area contributed by atoms with Crippen LogP contribution in [0.2, 0.25) is 0 Å². The van der Waals surface area contributed by atoms with E-state index in [4.69, 9.17) is 12.2 Å². The molecule has 1 heterocycles. The van der Waals surface area contributed by atoms with E-state index in [0.717, 1.165) is 16.5 Å². The van der Waals surface area contributed by atoms with Crippen LogP contribution in [-0.4, -0.2) is 23.0 Å². The van der Waals surface area contributed by atoms with Gasteiger partial charge >= 0.3 is 0 Å². The Hall–Kier alpha value is -2.25. The van der Waals surface area contributed by atoms with E-state index in [0.29, 0.717) is 6.42 Å². The number of hydrogen-bond donors (Lipinski definition) is 3. The Bertz CT molecular complexity index is 624. The van der Waals surface area contributed by atoms with Gasteiger partial charge in [0.25, 0.3) is 0 Å². The fourth-order valence-electron chi connectivity index (χ4n) is 1.99. The Morgan fingerprint density at radius 1 is 1.53 bits per heavy atom. The fourth-order valence-corrected chi connectivity index (χ4v) is 1.99. The van der Waals surface area contributed by atoms with E-state index in [1.165, 1.54) is 0 Å². The monoisotopic (exact) mass is 255 g/mol. The zero-order valence-corrected chi connectivity index (χ0v) is 10.8. The number of nitrogens with two attached hydrogens (primary N) is 1. The maximum Gasteiger partial charge on any atom is 0.238 e. The number of H-pyrrole nitrogens is 1. The van der Waals surface area contributed by atoms with Crippen LogP contribution >= 0.6 is 0 Å². The summed E-state index contributed by atoms with van der Waals surface area (Å²) in [5.41, 5.74) is 7.99. The Labute approximate surface area is 112 Å². The molecule has 0 fully saturated rings. The second-order valence-electron chi connectivity index (χ2n) is 4.57. The summed E-state index contributed by atoms with van der Waals surface area (Å²) >= 11 is 0. The SMILES string of the molecule is C#CC(C)NC(=O)C(N)Cc1c[nH]c2ccccc12. The lowest BCUT2D eigenvalue weighted by Crippen LogP contribution is -2.45. The minimum atomic E-state index is -0.602. The maximum absolute atomic E-state index is 11.8. The number of aromatic amines is 1. The second kappa shape index (κ2) is 5.59. The van der Waals surface area contributed by atoms with Crippen LogP contribution in [0.15, 0.2) is 30.5 Å². The average Bonchev–Trinajstić information content (AvgIpc) is 2.82. The predicted molar refractivity (Wildman–Crippen MR) is 76.4 cm³/mol. The van der Waals surface area contributed by atoms with Crippen molar-refractivity contribution in [1.29, 1.82) is 0 Å². The molecule has 2 atom stereocenters. The molecule has 4 heteroatoms. The smallest absolute Gasteiger partial charge is 0.238 e. The number of rotatable bonds is 4. The lowest BCUT2D eigenvalue weighted by Gasteiger charge is -2.13. The largest absolute Gasteiger partial charge is 0.361 e. The number of aromatic nitrogens is 1. The zero-order valence-electron chi connectivity index (χ0n) is 10.8. The molecule has 0 aliphatic rings. The summed E-state index contributed by atoms with van der Waals surface area (Å²) in [6.07, 6.45) is 7.59. The van der Waals surface area contributed by atoms with E-state index >= 15 is 0 Å². The van der Waals surface area contributed by atoms with Crippen LogP contribution in [0, 0.1) is 12.3 Å². The first-order chi connectivity index (χ1) is 9.11. The second-order valence-corrected chi connectivity index (χ2v) is 4.57. The number of amides is 1. The van der Waals surface area contributed by atoms with Gasteiger partial charge in [-0.05, 0) is 25.0 Å². The number of terminal acetylenes is 1. The molecule has 1 aromatic heterocycles. The lowest BCUT2D eigenvalue weighted by atomic mass is 10.0. The van der Waals surface area contributed by atoms with E-state index in [1.54, 1.807) is 6.92 Å². The summed E-state index contributed by atoms with van der Waals surface area (Å²) in [6, 6.07) is 7.02. The van der Waals surface area contributed by atoms with Crippen molar-refractivity contribution in [3.63, 3.8) is 0 Å². The Kier molecular flexibility index (Phi) is 3.88. The number of carbonyl (C=O) groups excluding carboxylic acids is 1. The third kappa shape index (κ3) is 2.95. The van der Waals surface area contributed by atoms with Crippen molar-refractivity contribution in [2.24, 2.45) is 5.73 Å². The van der Waals surface area contributed by atoms with Crippen LogP contribution in [0.4, 0.5) is 0 Å². The van der Waals surface area contributed by atoms with E-state index in [9.17, 15) is 4.79 Å². The predicted octanol–water partition coefficient (Wildman–Crippen LogP) is 1.18. The molecular weight excluding hydrogens is 238 g/mol. The Morgan fingerprint density at radius 2 is 2.26 bits per heavy atom. The molecule has 2 unspecified atom stereocenters. The fraction of sp³-hybridized carbons (Fsp3) is 0.267. The van der Waals surface area contributed by atoms with Crippen molar-refractivity contribution < 1.29 is 4.79 Å². The van der Waals surface area contributed by atoms with Gasteiger partial charge in [0.2, 0.25) is 5.91 Å². The highest BCUT2D eigenvalue weighted by Crippen LogP contribution is 2.18. The molecule has 0 aliphatic carbocycles. The van der Waals surface area contributed by atoms with Crippen LogP contribution in [0.3, 0.4) is 0 Å². The third-order valence-electron chi connectivity index (χ3n) is 3.06. The minimum Gasteiger partial charge on any atom is -0.361 e. The van der Waals surface area contributed by atoms with Crippen molar-refractivity contribution in [3.8, 4) is 12.3 Å². The van der Waals surface area contributed by atoms with Gasteiger partial charge in [0.05, 0.1) is 12.1 Å². The van der Waals surface area contributed by atoms with Crippen LogP contribution in [-0.2, 0) is 11.2 Å². The van der Waals surface area contributed by atoms with E-state index < -0.39 is 6.04 Å². The van der Waals surface area contributed by atoms with E-state index in [-0.39, 0.29) is 11.9 Å². The van der Waals surface area contributed by atoms with Gasteiger partial charge in [-0.3, -0.25) is 4.79 Å². The van der Waals surface area contributed by atoms with Gasteiger partial charge in [0, 0.05) is 17.1 Å². The molecule has 0 bridgehead atoms. The Balaban J connectivity index is 2.09. The highest BCUT2D eigenvalue weighted by Gasteiger charge is 2.17. The molecule has 0 radical (unpaired) electrons. The van der Waals surface area contributed by atoms with Crippen molar-refractivity contribution in [2.75, 3.05) is 0 Å². The van der Waals surface area contributed by atoms with Gasteiger partial charge in [-0.2, -0.15) is 0 Å². The molecule has 1 aromatic carbocycles. The van der Waals surface area contributed by atoms with E-state index in [2.05, 4.69) is 16.2 Å². The molecule has 0 spiro atoms. The van der Waals surface area contributed by atoms with Gasteiger partial charge in [0.1, 0.15) is 0 Å². The number of carbonyl (C=O) groups is 1. The quantitative estimate of drug-likeness (QED) is 0.718. The van der Waals surface area contributed by atoms with Gasteiger partial charge in [-0.15, -0.1) is 6.42 Å². The third-order valence-corrected chi connectivity index (χ3v) is 3.06. The van der Waals surface area contributed by atoms with Crippen LogP contribution in [0.1, 0.15) is 12.5 Å². The normalized spacial score (nSPS) is 13.7.